The minimum absolute atomic E-state index is 0.585. The molecule has 2 aliphatic heterocycles. The van der Waals surface area contributed by atoms with E-state index in [1.807, 2.05) is 0 Å². The zero-order valence-electron chi connectivity index (χ0n) is 17.5. The van der Waals surface area contributed by atoms with E-state index >= 15 is 0 Å². The fraction of sp³-hybridized carbons (Fsp3) is 1.00. The summed E-state index contributed by atoms with van der Waals surface area (Å²) in [5.74, 6) is 1.65. The molecule has 0 amide bonds. The molecular formula is C22H40O4Si. The Labute approximate surface area is 166 Å². The molecule has 4 aliphatic rings. The van der Waals surface area contributed by atoms with Crippen LogP contribution in [0.5, 0.6) is 0 Å². The van der Waals surface area contributed by atoms with Gasteiger partial charge in [0.15, 0.2) is 0 Å². The number of ether oxygens (including phenoxy) is 2. The summed E-state index contributed by atoms with van der Waals surface area (Å²) in [7, 11) is -2.10. The number of hydrogen-bond donors (Lipinski definition) is 0. The van der Waals surface area contributed by atoms with E-state index in [0.29, 0.717) is 24.4 Å². The maximum atomic E-state index is 6.59. The number of hydrogen-bond acceptors (Lipinski definition) is 4. The van der Waals surface area contributed by atoms with Crippen LogP contribution in [0, 0.1) is 11.8 Å². The summed E-state index contributed by atoms with van der Waals surface area (Å²) >= 11 is 0. The number of fused-ring (bicyclic) bond motifs is 2. The normalized spacial score (nSPS) is 37.6. The van der Waals surface area contributed by atoms with Crippen LogP contribution >= 0.6 is 0 Å². The zero-order chi connectivity index (χ0) is 18.7. The van der Waals surface area contributed by atoms with E-state index in [-0.39, 0.29) is 0 Å². The van der Waals surface area contributed by atoms with Crippen molar-refractivity contribution in [2.75, 3.05) is 13.2 Å². The van der Waals surface area contributed by atoms with Gasteiger partial charge in [-0.1, -0.05) is 13.8 Å². The average Bonchev–Trinajstić information content (AvgIpc) is 3.60. The topological polar surface area (TPSA) is 43.5 Å². The van der Waals surface area contributed by atoms with Gasteiger partial charge >= 0.3 is 8.56 Å². The van der Waals surface area contributed by atoms with Crippen molar-refractivity contribution in [2.45, 2.75) is 115 Å². The maximum Gasteiger partial charge on any atom is 0.338 e. The molecule has 2 saturated carbocycles. The van der Waals surface area contributed by atoms with E-state index in [4.69, 9.17) is 18.3 Å². The highest BCUT2D eigenvalue weighted by atomic mass is 28.4. The van der Waals surface area contributed by atoms with E-state index in [9.17, 15) is 0 Å². The lowest BCUT2D eigenvalue weighted by Crippen LogP contribution is -2.43. The first-order valence-electron chi connectivity index (χ1n) is 11.8. The summed E-state index contributed by atoms with van der Waals surface area (Å²) < 4.78 is 24.7. The number of epoxide rings is 2. The Morgan fingerprint density at radius 1 is 0.704 bits per heavy atom. The molecular weight excluding hydrogens is 356 g/mol. The smallest absolute Gasteiger partial charge is 0.338 e. The van der Waals surface area contributed by atoms with Crippen molar-refractivity contribution >= 4 is 8.56 Å². The largest absolute Gasteiger partial charge is 0.394 e. The van der Waals surface area contributed by atoms with Crippen molar-refractivity contribution in [3.8, 4) is 0 Å². The van der Waals surface area contributed by atoms with E-state index in [1.54, 1.807) is 0 Å². The van der Waals surface area contributed by atoms with Gasteiger partial charge in [-0.2, -0.15) is 0 Å². The number of rotatable bonds is 12. The maximum absolute atomic E-state index is 6.59. The first-order valence-corrected chi connectivity index (χ1v) is 14.0. The molecule has 0 aromatic heterocycles. The molecule has 0 aromatic carbocycles. The fourth-order valence-corrected chi connectivity index (χ4v) is 9.14. The fourth-order valence-electron chi connectivity index (χ4n) is 5.38. The molecule has 156 valence electrons. The standard InChI is InChI=1S/C22H40O4Si/c1-3-11-23-27(24-12-4-2,13-9-17-5-7-19-21(15-17)25-19)14-10-18-6-8-20-22(16-18)26-20/h17-22H,3-16H2,1-2H3. The summed E-state index contributed by atoms with van der Waals surface area (Å²) in [5, 5.41) is 0. The lowest BCUT2D eigenvalue weighted by atomic mass is 9.87. The van der Waals surface area contributed by atoms with Crippen molar-refractivity contribution in [3.05, 3.63) is 0 Å². The van der Waals surface area contributed by atoms with Gasteiger partial charge in [0.05, 0.1) is 24.4 Å². The molecule has 4 rings (SSSR count). The summed E-state index contributed by atoms with van der Waals surface area (Å²) in [4.78, 5) is 0. The van der Waals surface area contributed by atoms with Gasteiger partial charge in [0.25, 0.3) is 0 Å². The summed E-state index contributed by atoms with van der Waals surface area (Å²) in [6, 6.07) is 2.37. The van der Waals surface area contributed by atoms with Gasteiger partial charge in [0.1, 0.15) is 0 Å². The molecule has 0 aromatic rings. The SMILES string of the molecule is CCCO[Si](CCC1CCC2OC2C1)(CCC1CCC2OC2C1)OCCC. The molecule has 0 bridgehead atoms. The van der Waals surface area contributed by atoms with Crippen LogP contribution in [-0.2, 0) is 18.3 Å². The second-order valence-corrected chi connectivity index (χ2v) is 12.9. The Hall–Kier alpha value is 0.0569. The highest BCUT2D eigenvalue weighted by Gasteiger charge is 2.47. The average molecular weight is 397 g/mol. The van der Waals surface area contributed by atoms with E-state index in [1.165, 1.54) is 63.5 Å². The van der Waals surface area contributed by atoms with E-state index < -0.39 is 8.56 Å². The molecule has 6 atom stereocenters. The first kappa shape index (κ1) is 20.3. The minimum atomic E-state index is -2.10. The van der Waals surface area contributed by atoms with E-state index in [0.717, 1.165) is 37.9 Å². The third-order valence-electron chi connectivity index (χ3n) is 7.23. The lowest BCUT2D eigenvalue weighted by Gasteiger charge is -2.34. The Kier molecular flexibility index (Phi) is 6.97. The van der Waals surface area contributed by atoms with E-state index in [2.05, 4.69) is 13.8 Å². The zero-order valence-corrected chi connectivity index (χ0v) is 18.5. The quantitative estimate of drug-likeness (QED) is 0.336. The summed E-state index contributed by atoms with van der Waals surface area (Å²) in [6.07, 6.45) is 14.9. The second kappa shape index (κ2) is 9.25. The Morgan fingerprint density at radius 3 is 1.59 bits per heavy atom. The van der Waals surface area contributed by atoms with Crippen LogP contribution in [0.2, 0.25) is 12.1 Å². The first-order chi connectivity index (χ1) is 13.2. The summed E-state index contributed by atoms with van der Waals surface area (Å²) in [6.45, 7) is 6.17. The second-order valence-electron chi connectivity index (χ2n) is 9.47. The Morgan fingerprint density at radius 2 is 1.19 bits per heavy atom. The predicted octanol–water partition coefficient (Wildman–Crippen LogP) is 5.20. The minimum Gasteiger partial charge on any atom is -0.394 e. The molecule has 0 spiro atoms. The monoisotopic (exact) mass is 396 g/mol. The van der Waals surface area contributed by atoms with Gasteiger partial charge < -0.3 is 18.3 Å². The van der Waals surface area contributed by atoms with Gasteiger partial charge in [0, 0.05) is 13.2 Å². The van der Waals surface area contributed by atoms with Gasteiger partial charge in [-0.05, 0) is 88.1 Å². The van der Waals surface area contributed by atoms with Crippen LogP contribution in [0.3, 0.4) is 0 Å². The van der Waals surface area contributed by atoms with Crippen LogP contribution in [0.1, 0.15) is 78.1 Å². The molecule has 4 nitrogen and oxygen atoms in total. The van der Waals surface area contributed by atoms with Crippen LogP contribution in [0.15, 0.2) is 0 Å². The Balaban J connectivity index is 1.32. The third-order valence-corrected chi connectivity index (χ3v) is 10.8. The molecule has 6 unspecified atom stereocenters. The molecule has 0 N–H and O–H groups in total. The third kappa shape index (κ3) is 5.56. The molecule has 27 heavy (non-hydrogen) atoms. The lowest BCUT2D eigenvalue weighted by molar-refractivity contribution is 0.160. The van der Waals surface area contributed by atoms with Crippen LogP contribution in [-0.4, -0.2) is 46.2 Å². The van der Waals surface area contributed by atoms with Crippen molar-refractivity contribution in [2.24, 2.45) is 11.8 Å². The molecule has 2 aliphatic carbocycles. The Bertz CT molecular complexity index is 431. The van der Waals surface area contributed by atoms with Crippen molar-refractivity contribution < 1.29 is 18.3 Å². The predicted molar refractivity (Wildman–Crippen MR) is 109 cm³/mol. The molecule has 2 saturated heterocycles. The van der Waals surface area contributed by atoms with Gasteiger partial charge in [-0.15, -0.1) is 0 Å². The molecule has 5 heteroatoms. The van der Waals surface area contributed by atoms with Crippen molar-refractivity contribution in [1.82, 2.24) is 0 Å². The highest BCUT2D eigenvalue weighted by Crippen LogP contribution is 2.44. The van der Waals surface area contributed by atoms with Gasteiger partial charge in [0.2, 0.25) is 0 Å². The van der Waals surface area contributed by atoms with Gasteiger partial charge in [-0.25, -0.2) is 0 Å². The molecule has 4 fully saturated rings. The molecule has 0 radical (unpaired) electrons. The van der Waals surface area contributed by atoms with Crippen LogP contribution in [0.4, 0.5) is 0 Å². The van der Waals surface area contributed by atoms with Crippen molar-refractivity contribution in [3.63, 3.8) is 0 Å². The van der Waals surface area contributed by atoms with Crippen LogP contribution < -0.4 is 0 Å². The summed E-state index contributed by atoms with van der Waals surface area (Å²) in [5.41, 5.74) is 0. The van der Waals surface area contributed by atoms with Gasteiger partial charge in [-0.3, -0.25) is 0 Å². The molecule has 2 heterocycles. The van der Waals surface area contributed by atoms with Crippen LogP contribution in [0.25, 0.3) is 0 Å². The van der Waals surface area contributed by atoms with Crippen molar-refractivity contribution in [1.29, 1.82) is 0 Å². The highest BCUT2D eigenvalue weighted by molar-refractivity contribution is 6.67.